The van der Waals surface area contributed by atoms with Crippen molar-refractivity contribution in [3.05, 3.63) is 53.6 Å². The molecule has 6 heteroatoms. The molecule has 0 saturated carbocycles. The molecule has 0 radical (unpaired) electrons. The number of amides is 1. The second kappa shape index (κ2) is 7.09. The SMILES string of the molecule is COc1ccc(C)cc1NC(=O)C(C)Oc1ccc(F)c(F)c1. The minimum absolute atomic E-state index is 0.0720. The van der Waals surface area contributed by atoms with E-state index in [-0.39, 0.29) is 5.75 Å². The maximum atomic E-state index is 13.1. The van der Waals surface area contributed by atoms with Crippen LogP contribution in [0.5, 0.6) is 11.5 Å². The molecule has 23 heavy (non-hydrogen) atoms. The van der Waals surface area contributed by atoms with Crippen molar-refractivity contribution in [1.29, 1.82) is 0 Å². The fourth-order valence-electron chi connectivity index (χ4n) is 1.96. The van der Waals surface area contributed by atoms with Gasteiger partial charge in [0.1, 0.15) is 11.5 Å². The van der Waals surface area contributed by atoms with Crippen molar-refractivity contribution in [3.63, 3.8) is 0 Å². The highest BCUT2D eigenvalue weighted by molar-refractivity contribution is 5.95. The van der Waals surface area contributed by atoms with Crippen LogP contribution in [-0.2, 0) is 4.79 Å². The molecule has 0 saturated heterocycles. The highest BCUT2D eigenvalue weighted by Crippen LogP contribution is 2.25. The lowest BCUT2D eigenvalue weighted by Gasteiger charge is -2.16. The Balaban J connectivity index is 2.08. The van der Waals surface area contributed by atoms with Gasteiger partial charge in [-0.05, 0) is 43.7 Å². The number of methoxy groups -OCH3 is 1. The summed E-state index contributed by atoms with van der Waals surface area (Å²) in [6.45, 7) is 3.40. The quantitative estimate of drug-likeness (QED) is 0.914. The van der Waals surface area contributed by atoms with E-state index in [4.69, 9.17) is 9.47 Å². The Kier molecular flexibility index (Phi) is 5.16. The minimum atomic E-state index is -1.03. The molecule has 0 aliphatic rings. The van der Waals surface area contributed by atoms with Gasteiger partial charge in [-0.25, -0.2) is 8.78 Å². The van der Waals surface area contributed by atoms with E-state index in [0.29, 0.717) is 11.4 Å². The third kappa shape index (κ3) is 4.18. The van der Waals surface area contributed by atoms with Gasteiger partial charge in [-0.3, -0.25) is 4.79 Å². The van der Waals surface area contributed by atoms with Crippen molar-refractivity contribution >= 4 is 11.6 Å². The van der Waals surface area contributed by atoms with E-state index in [1.165, 1.54) is 20.1 Å². The number of anilines is 1. The van der Waals surface area contributed by atoms with Crippen molar-refractivity contribution in [3.8, 4) is 11.5 Å². The van der Waals surface area contributed by atoms with Crippen LogP contribution in [0.15, 0.2) is 36.4 Å². The molecule has 2 rings (SSSR count). The van der Waals surface area contributed by atoms with Crippen LogP contribution in [0.4, 0.5) is 14.5 Å². The number of rotatable bonds is 5. The Hall–Kier alpha value is -2.63. The van der Waals surface area contributed by atoms with Crippen LogP contribution < -0.4 is 14.8 Å². The first kappa shape index (κ1) is 16.7. The van der Waals surface area contributed by atoms with Crippen molar-refractivity contribution in [2.45, 2.75) is 20.0 Å². The Morgan fingerprint density at radius 1 is 1.13 bits per heavy atom. The van der Waals surface area contributed by atoms with Gasteiger partial charge in [0.05, 0.1) is 12.8 Å². The van der Waals surface area contributed by atoms with E-state index in [0.717, 1.165) is 17.7 Å². The zero-order valence-corrected chi connectivity index (χ0v) is 13.0. The van der Waals surface area contributed by atoms with Gasteiger partial charge >= 0.3 is 0 Å². The van der Waals surface area contributed by atoms with Gasteiger partial charge in [0.2, 0.25) is 0 Å². The minimum Gasteiger partial charge on any atom is -0.495 e. The van der Waals surface area contributed by atoms with E-state index in [2.05, 4.69) is 5.32 Å². The molecule has 0 heterocycles. The Morgan fingerprint density at radius 2 is 1.87 bits per heavy atom. The van der Waals surface area contributed by atoms with Crippen LogP contribution in [0.3, 0.4) is 0 Å². The molecule has 0 aromatic heterocycles. The van der Waals surface area contributed by atoms with Crippen LogP contribution >= 0.6 is 0 Å². The van der Waals surface area contributed by atoms with Crippen molar-refractivity contribution in [2.75, 3.05) is 12.4 Å². The third-order valence-corrected chi connectivity index (χ3v) is 3.19. The largest absolute Gasteiger partial charge is 0.495 e. The van der Waals surface area contributed by atoms with E-state index in [1.54, 1.807) is 12.1 Å². The maximum Gasteiger partial charge on any atom is 0.265 e. The number of ether oxygens (including phenoxy) is 2. The molecule has 2 aromatic carbocycles. The number of benzene rings is 2. The summed E-state index contributed by atoms with van der Waals surface area (Å²) in [4.78, 5) is 12.2. The van der Waals surface area contributed by atoms with Gasteiger partial charge < -0.3 is 14.8 Å². The number of hydrogen-bond donors (Lipinski definition) is 1. The van der Waals surface area contributed by atoms with E-state index < -0.39 is 23.6 Å². The average Bonchev–Trinajstić information content (AvgIpc) is 2.51. The fraction of sp³-hybridized carbons (Fsp3) is 0.235. The lowest BCUT2D eigenvalue weighted by Crippen LogP contribution is -2.30. The summed E-state index contributed by atoms with van der Waals surface area (Å²) in [5, 5.41) is 2.69. The zero-order valence-electron chi connectivity index (χ0n) is 13.0. The van der Waals surface area contributed by atoms with Crippen molar-refractivity contribution in [1.82, 2.24) is 0 Å². The normalized spacial score (nSPS) is 11.7. The van der Waals surface area contributed by atoms with Gasteiger partial charge in [0.15, 0.2) is 17.7 Å². The van der Waals surface area contributed by atoms with E-state index >= 15 is 0 Å². The summed E-state index contributed by atoms with van der Waals surface area (Å²) < 4.78 is 36.5. The Bertz CT molecular complexity index is 719. The summed E-state index contributed by atoms with van der Waals surface area (Å²) >= 11 is 0. The summed E-state index contributed by atoms with van der Waals surface area (Å²) in [6.07, 6.45) is -0.898. The molecule has 0 fully saturated rings. The first-order chi connectivity index (χ1) is 10.9. The van der Waals surface area contributed by atoms with Crippen molar-refractivity contribution in [2.24, 2.45) is 0 Å². The van der Waals surface area contributed by atoms with Crippen LogP contribution in [0.1, 0.15) is 12.5 Å². The molecule has 122 valence electrons. The first-order valence-electron chi connectivity index (χ1n) is 6.98. The summed E-state index contributed by atoms with van der Waals surface area (Å²) in [5.41, 5.74) is 1.47. The predicted molar refractivity (Wildman–Crippen MR) is 82.8 cm³/mol. The Morgan fingerprint density at radius 3 is 2.52 bits per heavy atom. The van der Waals surface area contributed by atoms with Crippen LogP contribution in [0, 0.1) is 18.6 Å². The number of carbonyl (C=O) groups is 1. The summed E-state index contributed by atoms with van der Waals surface area (Å²) in [5.74, 6) is -1.85. The summed E-state index contributed by atoms with van der Waals surface area (Å²) in [6, 6.07) is 8.46. The number of nitrogens with one attached hydrogen (secondary N) is 1. The molecule has 0 aliphatic heterocycles. The predicted octanol–water partition coefficient (Wildman–Crippen LogP) is 3.69. The molecule has 0 bridgehead atoms. The van der Waals surface area contributed by atoms with Crippen molar-refractivity contribution < 1.29 is 23.0 Å². The lowest BCUT2D eigenvalue weighted by molar-refractivity contribution is -0.122. The van der Waals surface area contributed by atoms with Gasteiger partial charge in [-0.1, -0.05) is 6.07 Å². The molecule has 4 nitrogen and oxygen atoms in total. The number of hydrogen-bond acceptors (Lipinski definition) is 3. The standard InChI is InChI=1S/C17H17F2NO3/c1-10-4-7-16(22-3)15(8-10)20-17(21)11(2)23-12-5-6-13(18)14(19)9-12/h4-9,11H,1-3H3,(H,20,21). The molecule has 2 aromatic rings. The first-order valence-corrected chi connectivity index (χ1v) is 6.98. The molecule has 1 amide bonds. The smallest absolute Gasteiger partial charge is 0.265 e. The molecule has 1 N–H and O–H groups in total. The molecular formula is C17H17F2NO3. The number of aryl methyl sites for hydroxylation is 1. The van der Waals surface area contributed by atoms with Gasteiger partial charge in [0, 0.05) is 6.07 Å². The maximum absolute atomic E-state index is 13.1. The second-order valence-electron chi connectivity index (χ2n) is 5.03. The highest BCUT2D eigenvalue weighted by atomic mass is 19.2. The topological polar surface area (TPSA) is 47.6 Å². The van der Waals surface area contributed by atoms with Crippen LogP contribution in [0.2, 0.25) is 0 Å². The highest BCUT2D eigenvalue weighted by Gasteiger charge is 2.17. The molecule has 1 unspecified atom stereocenters. The Labute approximate surface area is 133 Å². The fourth-order valence-corrected chi connectivity index (χ4v) is 1.96. The molecule has 0 aliphatic carbocycles. The van der Waals surface area contributed by atoms with Gasteiger partial charge in [0.25, 0.3) is 5.91 Å². The van der Waals surface area contributed by atoms with Gasteiger partial charge in [-0.15, -0.1) is 0 Å². The zero-order chi connectivity index (χ0) is 17.0. The lowest BCUT2D eigenvalue weighted by atomic mass is 10.2. The van der Waals surface area contributed by atoms with Gasteiger partial charge in [-0.2, -0.15) is 0 Å². The third-order valence-electron chi connectivity index (χ3n) is 3.19. The number of carbonyl (C=O) groups excluding carboxylic acids is 1. The molecule has 1 atom stereocenters. The number of halogens is 2. The van der Waals surface area contributed by atoms with Crippen LogP contribution in [-0.4, -0.2) is 19.1 Å². The van der Waals surface area contributed by atoms with E-state index in [1.807, 2.05) is 13.0 Å². The monoisotopic (exact) mass is 321 g/mol. The second-order valence-corrected chi connectivity index (χ2v) is 5.03. The molecular weight excluding hydrogens is 304 g/mol. The summed E-state index contributed by atoms with van der Waals surface area (Å²) in [7, 11) is 1.50. The average molecular weight is 321 g/mol. The van der Waals surface area contributed by atoms with E-state index in [9.17, 15) is 13.6 Å². The van der Waals surface area contributed by atoms with Crippen LogP contribution in [0.25, 0.3) is 0 Å². The molecule has 0 spiro atoms.